The van der Waals surface area contributed by atoms with E-state index in [0.29, 0.717) is 22.9 Å². The zero-order valence-corrected chi connectivity index (χ0v) is 12.6. The summed E-state index contributed by atoms with van der Waals surface area (Å²) in [5, 5.41) is 0.474. The molecule has 0 aromatic heterocycles. The van der Waals surface area contributed by atoms with E-state index in [1.165, 1.54) is 17.2 Å². The van der Waals surface area contributed by atoms with E-state index in [-0.39, 0.29) is 11.9 Å². The molecule has 21 heavy (non-hydrogen) atoms. The molecule has 3 heteroatoms. The summed E-state index contributed by atoms with van der Waals surface area (Å²) in [5.41, 5.74) is 9.70. The second-order valence-corrected chi connectivity index (χ2v) is 6.25. The van der Waals surface area contributed by atoms with Crippen molar-refractivity contribution in [1.82, 2.24) is 0 Å². The van der Waals surface area contributed by atoms with Crippen LogP contribution in [-0.4, -0.2) is 6.04 Å². The van der Waals surface area contributed by atoms with Crippen molar-refractivity contribution in [2.75, 3.05) is 0 Å². The van der Waals surface area contributed by atoms with Gasteiger partial charge >= 0.3 is 0 Å². The van der Waals surface area contributed by atoms with Crippen LogP contribution < -0.4 is 5.73 Å². The van der Waals surface area contributed by atoms with Crippen LogP contribution in [0.2, 0.25) is 5.02 Å². The van der Waals surface area contributed by atoms with Gasteiger partial charge in [0.25, 0.3) is 0 Å². The molecule has 1 aliphatic carbocycles. The number of benzene rings is 2. The average molecular weight is 304 g/mol. The third-order valence-corrected chi connectivity index (χ3v) is 4.85. The molecule has 0 saturated carbocycles. The first-order valence-corrected chi connectivity index (χ1v) is 7.78. The summed E-state index contributed by atoms with van der Waals surface area (Å²) in [4.78, 5) is 0. The van der Waals surface area contributed by atoms with Crippen LogP contribution in [0.25, 0.3) is 0 Å². The number of rotatable bonds is 3. The first-order chi connectivity index (χ1) is 10.1. The second-order valence-electron chi connectivity index (χ2n) is 5.84. The normalized spacial score (nSPS) is 19.1. The summed E-state index contributed by atoms with van der Waals surface area (Å²) in [6.07, 6.45) is 3.59. The first-order valence-electron chi connectivity index (χ1n) is 7.40. The number of nitrogens with two attached hydrogens (primary N) is 1. The fourth-order valence-corrected chi connectivity index (χ4v) is 3.46. The van der Waals surface area contributed by atoms with Crippen LogP contribution in [0.5, 0.6) is 0 Å². The number of hydrogen-bond acceptors (Lipinski definition) is 1. The lowest BCUT2D eigenvalue weighted by atomic mass is 9.78. The van der Waals surface area contributed by atoms with Gasteiger partial charge in [-0.25, -0.2) is 4.39 Å². The van der Waals surface area contributed by atoms with Crippen LogP contribution in [0.4, 0.5) is 4.39 Å². The third kappa shape index (κ3) is 3.12. The number of halogens is 2. The Balaban J connectivity index is 1.74. The Morgan fingerprint density at radius 2 is 1.90 bits per heavy atom. The molecule has 2 atom stereocenters. The minimum Gasteiger partial charge on any atom is -0.327 e. The van der Waals surface area contributed by atoms with E-state index in [1.807, 2.05) is 0 Å². The van der Waals surface area contributed by atoms with E-state index in [4.69, 9.17) is 17.3 Å². The quantitative estimate of drug-likeness (QED) is 0.905. The Morgan fingerprint density at radius 1 is 1.14 bits per heavy atom. The fourth-order valence-electron chi connectivity index (χ4n) is 3.22. The monoisotopic (exact) mass is 303 g/mol. The maximum absolute atomic E-state index is 13.9. The zero-order chi connectivity index (χ0) is 14.8. The van der Waals surface area contributed by atoms with E-state index >= 15 is 0 Å². The minimum absolute atomic E-state index is 0.0623. The van der Waals surface area contributed by atoms with Crippen LogP contribution >= 0.6 is 11.6 Å². The van der Waals surface area contributed by atoms with Crippen molar-refractivity contribution in [1.29, 1.82) is 0 Å². The Morgan fingerprint density at radius 3 is 2.67 bits per heavy atom. The summed E-state index contributed by atoms with van der Waals surface area (Å²) >= 11 is 6.10. The maximum Gasteiger partial charge on any atom is 0.127 e. The highest BCUT2D eigenvalue weighted by molar-refractivity contribution is 6.31. The van der Waals surface area contributed by atoms with Crippen molar-refractivity contribution < 1.29 is 4.39 Å². The summed E-state index contributed by atoms with van der Waals surface area (Å²) < 4.78 is 13.9. The van der Waals surface area contributed by atoms with Crippen molar-refractivity contribution in [3.05, 3.63) is 70.0 Å². The minimum atomic E-state index is -0.255. The van der Waals surface area contributed by atoms with Crippen LogP contribution in [-0.2, 0) is 19.3 Å². The van der Waals surface area contributed by atoms with Crippen molar-refractivity contribution in [3.8, 4) is 0 Å². The van der Waals surface area contributed by atoms with E-state index in [1.54, 1.807) is 12.1 Å². The van der Waals surface area contributed by atoms with Crippen molar-refractivity contribution in [2.24, 2.45) is 11.7 Å². The van der Waals surface area contributed by atoms with E-state index in [2.05, 4.69) is 24.3 Å². The lowest BCUT2D eigenvalue weighted by Gasteiger charge is -2.29. The van der Waals surface area contributed by atoms with Crippen molar-refractivity contribution >= 4 is 11.6 Å². The summed E-state index contributed by atoms with van der Waals surface area (Å²) in [5.74, 6) is 0.129. The van der Waals surface area contributed by atoms with E-state index in [9.17, 15) is 4.39 Å². The molecule has 0 heterocycles. The van der Waals surface area contributed by atoms with Crippen molar-refractivity contribution in [3.63, 3.8) is 0 Å². The van der Waals surface area contributed by atoms with Crippen LogP contribution in [0, 0.1) is 11.7 Å². The highest BCUT2D eigenvalue weighted by atomic mass is 35.5. The van der Waals surface area contributed by atoms with E-state index < -0.39 is 0 Å². The van der Waals surface area contributed by atoms with Gasteiger partial charge in [0.15, 0.2) is 0 Å². The Bertz CT molecular complexity index is 621. The predicted octanol–water partition coefficient (Wildman–Crippen LogP) is 4.15. The molecule has 0 fully saturated rings. The van der Waals surface area contributed by atoms with Gasteiger partial charge in [-0.1, -0.05) is 41.9 Å². The lowest BCUT2D eigenvalue weighted by Crippen LogP contribution is -2.36. The molecule has 0 saturated heterocycles. The van der Waals surface area contributed by atoms with Crippen LogP contribution in [0.15, 0.2) is 42.5 Å². The topological polar surface area (TPSA) is 26.0 Å². The molecule has 110 valence electrons. The Hall–Kier alpha value is -1.38. The third-order valence-electron chi connectivity index (χ3n) is 4.49. The molecule has 1 aliphatic rings. The Labute approximate surface area is 129 Å². The van der Waals surface area contributed by atoms with Crippen molar-refractivity contribution in [2.45, 2.75) is 31.7 Å². The lowest BCUT2D eigenvalue weighted by molar-refractivity contribution is 0.369. The molecule has 1 nitrogen and oxygen atoms in total. The molecule has 0 aliphatic heterocycles. The maximum atomic E-state index is 13.9. The average Bonchev–Trinajstić information content (AvgIpc) is 2.50. The number of fused-ring (bicyclic) bond motifs is 1. The second kappa shape index (κ2) is 6.17. The van der Waals surface area contributed by atoms with Gasteiger partial charge in [-0.2, -0.15) is 0 Å². The molecular weight excluding hydrogens is 285 g/mol. The van der Waals surface area contributed by atoms with Gasteiger partial charge in [-0.05, 0) is 54.9 Å². The van der Waals surface area contributed by atoms with Gasteiger partial charge in [0.2, 0.25) is 0 Å². The largest absolute Gasteiger partial charge is 0.327 e. The van der Waals surface area contributed by atoms with Gasteiger partial charge in [0.05, 0.1) is 0 Å². The van der Waals surface area contributed by atoms with Gasteiger partial charge in [-0.3, -0.25) is 0 Å². The molecule has 0 bridgehead atoms. The molecule has 0 amide bonds. The fraction of sp³-hybridized carbons (Fsp3) is 0.333. The van der Waals surface area contributed by atoms with Crippen LogP contribution in [0.3, 0.4) is 0 Å². The molecule has 2 aromatic carbocycles. The summed E-state index contributed by atoms with van der Waals surface area (Å²) in [7, 11) is 0. The van der Waals surface area contributed by atoms with Gasteiger partial charge in [0, 0.05) is 16.6 Å². The summed E-state index contributed by atoms with van der Waals surface area (Å²) in [6.45, 7) is 0. The molecular formula is C18H19ClFN. The molecule has 0 spiro atoms. The van der Waals surface area contributed by atoms with Gasteiger partial charge in [0.1, 0.15) is 5.82 Å². The molecule has 0 radical (unpaired) electrons. The van der Waals surface area contributed by atoms with Gasteiger partial charge < -0.3 is 5.73 Å². The van der Waals surface area contributed by atoms with Crippen LogP contribution in [0.1, 0.15) is 23.1 Å². The number of hydrogen-bond donors (Lipinski definition) is 1. The SMILES string of the molecule is NC(Cc1c(F)cccc1Cl)C1CCc2ccccc2C1. The highest BCUT2D eigenvalue weighted by Crippen LogP contribution is 2.29. The first kappa shape index (κ1) is 14.6. The molecule has 2 N–H and O–H groups in total. The molecule has 2 aromatic rings. The zero-order valence-electron chi connectivity index (χ0n) is 11.9. The molecule has 2 unspecified atom stereocenters. The smallest absolute Gasteiger partial charge is 0.127 e. The van der Waals surface area contributed by atoms with E-state index in [0.717, 1.165) is 19.3 Å². The predicted molar refractivity (Wildman–Crippen MR) is 85.0 cm³/mol. The number of aryl methyl sites for hydroxylation is 1. The van der Waals surface area contributed by atoms with Gasteiger partial charge in [-0.15, -0.1) is 0 Å². The molecule has 3 rings (SSSR count). The highest BCUT2D eigenvalue weighted by Gasteiger charge is 2.25. The Kier molecular flexibility index (Phi) is 4.27. The standard InChI is InChI=1S/C18H19ClFN/c19-16-6-3-7-17(20)15(16)11-18(21)14-9-8-12-4-1-2-5-13(12)10-14/h1-7,14,18H,8-11,21H2. The summed E-state index contributed by atoms with van der Waals surface area (Å²) in [6, 6.07) is 13.2.